The number of hydrogen-bond donors (Lipinski definition) is 0. The first kappa shape index (κ1) is 30.4. The van der Waals surface area contributed by atoms with E-state index in [1.165, 1.54) is 80.8 Å². The van der Waals surface area contributed by atoms with E-state index in [2.05, 4.69) is 205 Å². The highest BCUT2D eigenvalue weighted by Gasteiger charge is 2.25. The monoisotopic (exact) mass is 679 g/mol. The Morgan fingerprint density at radius 3 is 1.75 bits per heavy atom. The second-order valence-corrected chi connectivity index (χ2v) is 14.3. The van der Waals surface area contributed by atoms with E-state index in [9.17, 15) is 0 Å². The number of fused-ring (bicyclic) bond motifs is 6. The molecule has 0 atom stereocenters. The Kier molecular flexibility index (Phi) is 7.41. The van der Waals surface area contributed by atoms with Crippen LogP contribution >= 0.6 is 11.3 Å². The number of thiophene rings is 1. The molecular formula is C50H33NS. The fourth-order valence-electron chi connectivity index (χ4n) is 7.93. The molecule has 1 nitrogen and oxygen atoms in total. The summed E-state index contributed by atoms with van der Waals surface area (Å²) in [6.07, 6.45) is 0. The molecule has 0 fully saturated rings. The molecule has 1 heterocycles. The van der Waals surface area contributed by atoms with Gasteiger partial charge in [0.05, 0.1) is 11.4 Å². The molecule has 1 aromatic heterocycles. The lowest BCUT2D eigenvalue weighted by molar-refractivity contribution is 1.31. The number of hydrogen-bond acceptors (Lipinski definition) is 2. The van der Waals surface area contributed by atoms with Gasteiger partial charge >= 0.3 is 0 Å². The van der Waals surface area contributed by atoms with Gasteiger partial charge in [-0.25, -0.2) is 0 Å². The lowest BCUT2D eigenvalue weighted by atomic mass is 9.87. The van der Waals surface area contributed by atoms with Gasteiger partial charge in [-0.3, -0.25) is 0 Å². The molecule has 52 heavy (non-hydrogen) atoms. The highest BCUT2D eigenvalue weighted by atomic mass is 32.1. The zero-order valence-electron chi connectivity index (χ0n) is 28.4. The van der Waals surface area contributed by atoms with Gasteiger partial charge in [0, 0.05) is 31.4 Å². The molecule has 244 valence electrons. The van der Waals surface area contributed by atoms with Crippen molar-refractivity contribution < 1.29 is 0 Å². The number of nitrogens with zero attached hydrogens (tertiary/aromatic N) is 1. The largest absolute Gasteiger partial charge is 0.309 e. The SMILES string of the molecule is c1ccc(-c2ccccc2-c2c(-c3ccccc3)cccc2N(c2ccc3c(ccc4ccccc43)c2)c2cccc3sc4ccccc4c23)cc1. The fourth-order valence-corrected chi connectivity index (χ4v) is 9.05. The zero-order chi connectivity index (χ0) is 34.4. The van der Waals surface area contributed by atoms with Crippen molar-refractivity contribution in [3.8, 4) is 33.4 Å². The summed E-state index contributed by atoms with van der Waals surface area (Å²) in [5.41, 5.74) is 10.6. The van der Waals surface area contributed by atoms with E-state index in [0.717, 1.165) is 11.4 Å². The lowest BCUT2D eigenvalue weighted by Gasteiger charge is -2.31. The molecule has 10 aromatic rings. The zero-order valence-corrected chi connectivity index (χ0v) is 29.2. The molecule has 2 heteroatoms. The molecule has 0 N–H and O–H groups in total. The van der Waals surface area contributed by atoms with Crippen LogP contribution < -0.4 is 4.90 Å². The molecule has 0 unspecified atom stereocenters. The average Bonchev–Trinajstić information content (AvgIpc) is 3.61. The third-order valence-electron chi connectivity index (χ3n) is 10.3. The van der Waals surface area contributed by atoms with E-state index in [1.54, 1.807) is 0 Å². The number of benzene rings is 9. The first-order valence-corrected chi connectivity index (χ1v) is 18.6. The van der Waals surface area contributed by atoms with Crippen molar-refractivity contribution in [3.05, 3.63) is 200 Å². The summed E-state index contributed by atoms with van der Waals surface area (Å²) in [5.74, 6) is 0. The first-order valence-electron chi connectivity index (χ1n) is 17.8. The summed E-state index contributed by atoms with van der Waals surface area (Å²) in [6.45, 7) is 0. The average molecular weight is 680 g/mol. The standard InChI is InChI=1S/C50H33NS/c1-3-15-34(16-4-1)40-21-9-10-22-43(40)49-42(35-17-5-2-6-18-35)24-13-25-45(49)51(46-26-14-28-48-50(46)44-23-11-12-27-47(44)52-48)38-31-32-41-37(33-38)30-29-36-19-7-8-20-39(36)41/h1-33H. The first-order chi connectivity index (χ1) is 25.8. The maximum atomic E-state index is 2.51. The fraction of sp³-hybridized carbons (Fsp3) is 0. The van der Waals surface area contributed by atoms with Crippen LogP contribution in [0, 0.1) is 0 Å². The second-order valence-electron chi connectivity index (χ2n) is 13.3. The van der Waals surface area contributed by atoms with Crippen molar-refractivity contribution in [1.82, 2.24) is 0 Å². The van der Waals surface area contributed by atoms with Crippen LogP contribution in [0.5, 0.6) is 0 Å². The highest BCUT2D eigenvalue weighted by molar-refractivity contribution is 7.26. The smallest absolute Gasteiger partial charge is 0.0555 e. The van der Waals surface area contributed by atoms with Crippen LogP contribution in [-0.2, 0) is 0 Å². The summed E-state index contributed by atoms with van der Waals surface area (Å²) < 4.78 is 2.57. The van der Waals surface area contributed by atoms with Crippen LogP contribution in [0.15, 0.2) is 200 Å². The minimum Gasteiger partial charge on any atom is -0.309 e. The maximum absolute atomic E-state index is 2.51. The summed E-state index contributed by atoms with van der Waals surface area (Å²) >= 11 is 1.86. The van der Waals surface area contributed by atoms with Crippen molar-refractivity contribution >= 4 is 70.1 Å². The van der Waals surface area contributed by atoms with Gasteiger partial charge < -0.3 is 4.90 Å². The molecule has 0 spiro atoms. The van der Waals surface area contributed by atoms with Gasteiger partial charge in [0.25, 0.3) is 0 Å². The third kappa shape index (κ3) is 5.07. The van der Waals surface area contributed by atoms with E-state index in [-0.39, 0.29) is 0 Å². The van der Waals surface area contributed by atoms with Gasteiger partial charge in [-0.15, -0.1) is 11.3 Å². The van der Waals surface area contributed by atoms with Gasteiger partial charge in [-0.1, -0.05) is 164 Å². The Labute approximate surface area is 307 Å². The van der Waals surface area contributed by atoms with Gasteiger partial charge in [0.2, 0.25) is 0 Å². The minimum absolute atomic E-state index is 1.12. The van der Waals surface area contributed by atoms with Crippen LogP contribution in [-0.4, -0.2) is 0 Å². The number of anilines is 3. The van der Waals surface area contributed by atoms with E-state index in [4.69, 9.17) is 0 Å². The molecule has 0 aliphatic rings. The van der Waals surface area contributed by atoms with Crippen molar-refractivity contribution in [1.29, 1.82) is 0 Å². The molecule has 9 aromatic carbocycles. The quantitative estimate of drug-likeness (QED) is 0.158. The second kappa shape index (κ2) is 12.7. The van der Waals surface area contributed by atoms with Gasteiger partial charge in [0.1, 0.15) is 0 Å². The van der Waals surface area contributed by atoms with Crippen LogP contribution in [0.4, 0.5) is 17.1 Å². The maximum Gasteiger partial charge on any atom is 0.0555 e. The van der Waals surface area contributed by atoms with Crippen molar-refractivity contribution in [2.75, 3.05) is 4.90 Å². The van der Waals surface area contributed by atoms with E-state index in [0.29, 0.717) is 0 Å². The van der Waals surface area contributed by atoms with Crippen LogP contribution in [0.25, 0.3) is 75.1 Å². The van der Waals surface area contributed by atoms with E-state index in [1.807, 2.05) is 11.3 Å². The normalized spacial score (nSPS) is 11.5. The Bertz CT molecular complexity index is 2910. The Hall–Kier alpha value is -6.48. The summed E-state index contributed by atoms with van der Waals surface area (Å²) in [6, 6.07) is 73.1. The van der Waals surface area contributed by atoms with Crippen LogP contribution in [0.1, 0.15) is 0 Å². The molecule has 0 amide bonds. The van der Waals surface area contributed by atoms with Crippen LogP contribution in [0.2, 0.25) is 0 Å². The summed E-state index contributed by atoms with van der Waals surface area (Å²) in [4.78, 5) is 2.51. The Morgan fingerprint density at radius 2 is 0.923 bits per heavy atom. The van der Waals surface area contributed by atoms with Gasteiger partial charge in [0.15, 0.2) is 0 Å². The molecule has 0 radical (unpaired) electrons. The Morgan fingerprint density at radius 1 is 0.346 bits per heavy atom. The summed E-state index contributed by atoms with van der Waals surface area (Å²) in [5, 5.41) is 7.55. The highest BCUT2D eigenvalue weighted by Crippen LogP contribution is 2.51. The molecule has 0 bridgehead atoms. The lowest BCUT2D eigenvalue weighted by Crippen LogP contribution is -2.12. The predicted octanol–water partition coefficient (Wildman–Crippen LogP) is 14.8. The van der Waals surface area contributed by atoms with Crippen molar-refractivity contribution in [3.63, 3.8) is 0 Å². The van der Waals surface area contributed by atoms with E-state index < -0.39 is 0 Å². The van der Waals surface area contributed by atoms with Gasteiger partial charge in [-0.05, 0) is 85.8 Å². The predicted molar refractivity (Wildman–Crippen MR) is 225 cm³/mol. The third-order valence-corrected chi connectivity index (χ3v) is 11.4. The molecule has 0 aliphatic heterocycles. The van der Waals surface area contributed by atoms with E-state index >= 15 is 0 Å². The topological polar surface area (TPSA) is 3.24 Å². The molecular weight excluding hydrogens is 647 g/mol. The Balaban J connectivity index is 1.33. The minimum atomic E-state index is 1.12. The van der Waals surface area contributed by atoms with Crippen LogP contribution in [0.3, 0.4) is 0 Å². The molecule has 0 saturated heterocycles. The van der Waals surface area contributed by atoms with Gasteiger partial charge in [-0.2, -0.15) is 0 Å². The molecule has 0 aliphatic carbocycles. The number of rotatable bonds is 6. The molecule has 10 rings (SSSR count). The van der Waals surface area contributed by atoms with Crippen molar-refractivity contribution in [2.24, 2.45) is 0 Å². The van der Waals surface area contributed by atoms with Crippen molar-refractivity contribution in [2.45, 2.75) is 0 Å². The summed E-state index contributed by atoms with van der Waals surface area (Å²) in [7, 11) is 0. The molecule has 0 saturated carbocycles.